The molecule has 1 fully saturated rings. The summed E-state index contributed by atoms with van der Waals surface area (Å²) < 4.78 is 0. The van der Waals surface area contributed by atoms with Gasteiger partial charge in [0, 0.05) is 0 Å². The van der Waals surface area contributed by atoms with Crippen LogP contribution < -0.4 is 0 Å². The number of aliphatic hydroxyl groups excluding tert-OH is 2. The zero-order chi connectivity index (χ0) is 10.6. The standard InChI is InChI=1S/C12H24O2/c1-3-5-9-7-10(6-4-2)12(14)11(13)8-9/h9-14H,3-8H2,1-2H3. The zero-order valence-corrected chi connectivity index (χ0v) is 9.45. The molecule has 0 aliphatic heterocycles. The molecule has 2 nitrogen and oxygen atoms in total. The summed E-state index contributed by atoms with van der Waals surface area (Å²) in [6.07, 6.45) is 5.51. The highest BCUT2D eigenvalue weighted by Crippen LogP contribution is 2.34. The summed E-state index contributed by atoms with van der Waals surface area (Å²) in [5.41, 5.74) is 0. The first-order valence-electron chi connectivity index (χ1n) is 6.05. The molecule has 0 radical (unpaired) electrons. The molecule has 0 aromatic heterocycles. The van der Waals surface area contributed by atoms with Gasteiger partial charge < -0.3 is 10.2 Å². The van der Waals surface area contributed by atoms with Gasteiger partial charge in [-0.3, -0.25) is 0 Å². The SMILES string of the molecule is CCCC1CC(O)C(O)C(CCC)C1. The van der Waals surface area contributed by atoms with Crippen molar-refractivity contribution in [3.63, 3.8) is 0 Å². The van der Waals surface area contributed by atoms with Gasteiger partial charge in [-0.1, -0.05) is 33.1 Å². The van der Waals surface area contributed by atoms with E-state index in [9.17, 15) is 10.2 Å². The Bertz CT molecular complexity index is 158. The van der Waals surface area contributed by atoms with Crippen LogP contribution in [0.15, 0.2) is 0 Å². The van der Waals surface area contributed by atoms with Gasteiger partial charge in [0.25, 0.3) is 0 Å². The van der Waals surface area contributed by atoms with E-state index in [1.165, 1.54) is 12.8 Å². The van der Waals surface area contributed by atoms with E-state index in [1.807, 2.05) is 0 Å². The summed E-state index contributed by atoms with van der Waals surface area (Å²) in [6.45, 7) is 4.33. The van der Waals surface area contributed by atoms with E-state index < -0.39 is 12.2 Å². The van der Waals surface area contributed by atoms with Crippen molar-refractivity contribution in [2.24, 2.45) is 11.8 Å². The van der Waals surface area contributed by atoms with Crippen molar-refractivity contribution in [1.82, 2.24) is 0 Å². The molecule has 2 heteroatoms. The van der Waals surface area contributed by atoms with Crippen LogP contribution in [0.25, 0.3) is 0 Å². The summed E-state index contributed by atoms with van der Waals surface area (Å²) in [5, 5.41) is 19.5. The van der Waals surface area contributed by atoms with Gasteiger partial charge in [0.1, 0.15) is 0 Å². The quantitative estimate of drug-likeness (QED) is 0.731. The lowest BCUT2D eigenvalue weighted by molar-refractivity contribution is -0.0650. The first-order chi connectivity index (χ1) is 6.69. The highest BCUT2D eigenvalue weighted by molar-refractivity contribution is 4.85. The number of rotatable bonds is 4. The molecular weight excluding hydrogens is 176 g/mol. The van der Waals surface area contributed by atoms with Crippen LogP contribution in [0.1, 0.15) is 52.4 Å². The van der Waals surface area contributed by atoms with Gasteiger partial charge in [-0.05, 0) is 31.1 Å². The van der Waals surface area contributed by atoms with Crippen LogP contribution in [0.2, 0.25) is 0 Å². The lowest BCUT2D eigenvalue weighted by Gasteiger charge is -2.36. The van der Waals surface area contributed by atoms with Crippen LogP contribution in [0.3, 0.4) is 0 Å². The van der Waals surface area contributed by atoms with E-state index in [4.69, 9.17) is 0 Å². The normalized spacial score (nSPS) is 38.6. The summed E-state index contributed by atoms with van der Waals surface area (Å²) >= 11 is 0. The van der Waals surface area contributed by atoms with Crippen LogP contribution in [-0.4, -0.2) is 22.4 Å². The van der Waals surface area contributed by atoms with Crippen LogP contribution in [-0.2, 0) is 0 Å². The van der Waals surface area contributed by atoms with Gasteiger partial charge in [0.2, 0.25) is 0 Å². The maximum absolute atomic E-state index is 9.80. The van der Waals surface area contributed by atoms with Crippen molar-refractivity contribution in [3.05, 3.63) is 0 Å². The maximum atomic E-state index is 9.80. The minimum absolute atomic E-state index is 0.334. The second kappa shape index (κ2) is 5.72. The van der Waals surface area contributed by atoms with Gasteiger partial charge in [0.15, 0.2) is 0 Å². The number of aliphatic hydroxyl groups is 2. The molecule has 4 atom stereocenters. The summed E-state index contributed by atoms with van der Waals surface area (Å²) in [6, 6.07) is 0. The van der Waals surface area contributed by atoms with Crippen LogP contribution >= 0.6 is 0 Å². The van der Waals surface area contributed by atoms with Crippen molar-refractivity contribution in [3.8, 4) is 0 Å². The Labute approximate surface area is 87.3 Å². The van der Waals surface area contributed by atoms with Crippen LogP contribution in [0.4, 0.5) is 0 Å². The second-order valence-corrected chi connectivity index (χ2v) is 4.73. The Hall–Kier alpha value is -0.0800. The average Bonchev–Trinajstić information content (AvgIpc) is 2.14. The van der Waals surface area contributed by atoms with Gasteiger partial charge in [-0.25, -0.2) is 0 Å². The van der Waals surface area contributed by atoms with Crippen molar-refractivity contribution in [2.45, 2.75) is 64.6 Å². The lowest BCUT2D eigenvalue weighted by Crippen LogP contribution is -2.40. The molecule has 0 aromatic carbocycles. The minimum atomic E-state index is -0.475. The summed E-state index contributed by atoms with van der Waals surface area (Å²) in [5.74, 6) is 0.968. The Kier molecular flexibility index (Phi) is 4.90. The first-order valence-corrected chi connectivity index (χ1v) is 6.05. The molecule has 0 bridgehead atoms. The molecule has 4 unspecified atom stereocenters. The lowest BCUT2D eigenvalue weighted by atomic mass is 9.74. The molecule has 1 rings (SSSR count). The Morgan fingerprint density at radius 3 is 2.21 bits per heavy atom. The summed E-state index contributed by atoms with van der Waals surface area (Å²) in [4.78, 5) is 0. The van der Waals surface area contributed by atoms with E-state index in [0.717, 1.165) is 25.7 Å². The van der Waals surface area contributed by atoms with Crippen molar-refractivity contribution in [1.29, 1.82) is 0 Å². The van der Waals surface area contributed by atoms with Gasteiger partial charge in [-0.15, -0.1) is 0 Å². The molecular formula is C12H24O2. The molecule has 14 heavy (non-hydrogen) atoms. The molecule has 0 spiro atoms. The fourth-order valence-corrected chi connectivity index (χ4v) is 2.76. The fourth-order valence-electron chi connectivity index (χ4n) is 2.76. The van der Waals surface area contributed by atoms with Crippen LogP contribution in [0.5, 0.6) is 0 Å². The van der Waals surface area contributed by atoms with Crippen molar-refractivity contribution < 1.29 is 10.2 Å². The largest absolute Gasteiger partial charge is 0.390 e. The third-order valence-electron chi connectivity index (χ3n) is 3.44. The van der Waals surface area contributed by atoms with Gasteiger partial charge in [-0.2, -0.15) is 0 Å². The topological polar surface area (TPSA) is 40.5 Å². The maximum Gasteiger partial charge on any atom is 0.0827 e. The van der Waals surface area contributed by atoms with Gasteiger partial charge >= 0.3 is 0 Å². The van der Waals surface area contributed by atoms with E-state index in [-0.39, 0.29) is 0 Å². The van der Waals surface area contributed by atoms with E-state index in [0.29, 0.717) is 11.8 Å². The van der Waals surface area contributed by atoms with E-state index in [2.05, 4.69) is 13.8 Å². The Morgan fingerprint density at radius 2 is 1.64 bits per heavy atom. The minimum Gasteiger partial charge on any atom is -0.390 e. The third kappa shape index (κ3) is 2.96. The van der Waals surface area contributed by atoms with E-state index >= 15 is 0 Å². The van der Waals surface area contributed by atoms with Crippen molar-refractivity contribution >= 4 is 0 Å². The van der Waals surface area contributed by atoms with Crippen LogP contribution in [0, 0.1) is 11.8 Å². The average molecular weight is 200 g/mol. The first kappa shape index (κ1) is 12.0. The molecule has 0 amide bonds. The number of hydrogen-bond donors (Lipinski definition) is 2. The fraction of sp³-hybridized carbons (Fsp3) is 1.00. The predicted molar refractivity (Wildman–Crippen MR) is 58.0 cm³/mol. The zero-order valence-electron chi connectivity index (χ0n) is 9.45. The smallest absolute Gasteiger partial charge is 0.0827 e. The molecule has 0 heterocycles. The second-order valence-electron chi connectivity index (χ2n) is 4.73. The molecule has 0 aromatic rings. The number of hydrogen-bond acceptors (Lipinski definition) is 2. The van der Waals surface area contributed by atoms with Gasteiger partial charge in [0.05, 0.1) is 12.2 Å². The highest BCUT2D eigenvalue weighted by atomic mass is 16.3. The Balaban J connectivity index is 2.47. The monoisotopic (exact) mass is 200 g/mol. The Morgan fingerprint density at radius 1 is 1.00 bits per heavy atom. The van der Waals surface area contributed by atoms with Crippen molar-refractivity contribution in [2.75, 3.05) is 0 Å². The predicted octanol–water partition coefficient (Wildman–Crippen LogP) is 2.33. The molecule has 1 saturated carbocycles. The third-order valence-corrected chi connectivity index (χ3v) is 3.44. The molecule has 1 aliphatic carbocycles. The van der Waals surface area contributed by atoms with E-state index in [1.54, 1.807) is 0 Å². The molecule has 0 saturated heterocycles. The summed E-state index contributed by atoms with van der Waals surface area (Å²) in [7, 11) is 0. The molecule has 1 aliphatic rings. The highest BCUT2D eigenvalue weighted by Gasteiger charge is 2.34. The molecule has 84 valence electrons. The molecule has 2 N–H and O–H groups in total.